The number of benzene rings is 2. The summed E-state index contributed by atoms with van der Waals surface area (Å²) in [6, 6.07) is 14.2. The van der Waals surface area contributed by atoms with Crippen LogP contribution in [0.25, 0.3) is 5.69 Å². The van der Waals surface area contributed by atoms with Crippen LogP contribution in [-0.4, -0.2) is 26.4 Å². The van der Waals surface area contributed by atoms with Crippen molar-refractivity contribution in [3.05, 3.63) is 87.3 Å². The molecule has 0 bridgehead atoms. The molecule has 0 atom stereocenters. The molecular formula is C21H15ClF2N4OS2. The lowest BCUT2D eigenvalue weighted by molar-refractivity contribution is -0.113. The molecule has 0 radical (unpaired) electrons. The summed E-state index contributed by atoms with van der Waals surface area (Å²) in [6.45, 7) is 0. The summed E-state index contributed by atoms with van der Waals surface area (Å²) in [5.74, 6) is -1.29. The molecule has 0 unspecified atom stereocenters. The number of thiophene rings is 1. The molecule has 0 saturated heterocycles. The van der Waals surface area contributed by atoms with Gasteiger partial charge in [0.05, 0.1) is 11.4 Å². The number of nitrogens with zero attached hydrogens (tertiary/aromatic N) is 3. The van der Waals surface area contributed by atoms with E-state index in [1.165, 1.54) is 17.8 Å². The second-order valence-electron chi connectivity index (χ2n) is 6.43. The van der Waals surface area contributed by atoms with Gasteiger partial charge in [-0.15, -0.1) is 21.5 Å². The lowest BCUT2D eigenvalue weighted by Crippen LogP contribution is -2.15. The van der Waals surface area contributed by atoms with Gasteiger partial charge >= 0.3 is 0 Å². The van der Waals surface area contributed by atoms with Crippen molar-refractivity contribution in [1.82, 2.24) is 14.8 Å². The molecule has 2 aromatic carbocycles. The predicted molar refractivity (Wildman–Crippen MR) is 119 cm³/mol. The Morgan fingerprint density at radius 2 is 1.94 bits per heavy atom. The van der Waals surface area contributed by atoms with Crippen molar-refractivity contribution in [2.24, 2.45) is 0 Å². The van der Waals surface area contributed by atoms with E-state index in [0.717, 1.165) is 28.5 Å². The number of halogens is 3. The highest BCUT2D eigenvalue weighted by Gasteiger charge is 2.17. The smallest absolute Gasteiger partial charge is 0.234 e. The largest absolute Gasteiger partial charge is 0.323 e. The van der Waals surface area contributed by atoms with E-state index in [9.17, 15) is 13.6 Å². The Labute approximate surface area is 190 Å². The lowest BCUT2D eigenvalue weighted by atomic mass is 10.3. The van der Waals surface area contributed by atoms with Gasteiger partial charge in [-0.25, -0.2) is 8.78 Å². The number of anilines is 1. The molecule has 10 heteroatoms. The van der Waals surface area contributed by atoms with Gasteiger partial charge in [-0.1, -0.05) is 29.4 Å². The molecule has 0 saturated carbocycles. The fraction of sp³-hybridized carbons (Fsp3) is 0.0952. The van der Waals surface area contributed by atoms with Crippen LogP contribution in [0.1, 0.15) is 10.7 Å². The maximum absolute atomic E-state index is 13.8. The van der Waals surface area contributed by atoms with Crippen molar-refractivity contribution in [2.45, 2.75) is 11.6 Å². The zero-order valence-electron chi connectivity index (χ0n) is 15.9. The molecule has 2 heterocycles. The third-order valence-electron chi connectivity index (χ3n) is 4.24. The van der Waals surface area contributed by atoms with Gasteiger partial charge in [0, 0.05) is 28.1 Å². The number of nitrogens with one attached hydrogen (secondary N) is 1. The highest BCUT2D eigenvalue weighted by molar-refractivity contribution is 7.99. The summed E-state index contributed by atoms with van der Waals surface area (Å²) < 4.78 is 28.7. The molecule has 5 nitrogen and oxygen atoms in total. The Morgan fingerprint density at radius 3 is 2.65 bits per heavy atom. The summed E-state index contributed by atoms with van der Waals surface area (Å²) >= 11 is 8.81. The van der Waals surface area contributed by atoms with Crippen LogP contribution in [0.3, 0.4) is 0 Å². The number of thioether (sulfide) groups is 1. The number of carbonyl (C=O) groups is 1. The maximum Gasteiger partial charge on any atom is 0.234 e. The minimum absolute atomic E-state index is 0.0262. The first-order valence-corrected chi connectivity index (χ1v) is 11.3. The monoisotopic (exact) mass is 476 g/mol. The van der Waals surface area contributed by atoms with E-state index >= 15 is 0 Å². The van der Waals surface area contributed by atoms with E-state index in [2.05, 4.69) is 15.5 Å². The van der Waals surface area contributed by atoms with Gasteiger partial charge in [-0.3, -0.25) is 9.36 Å². The van der Waals surface area contributed by atoms with Crippen LogP contribution in [0.15, 0.2) is 65.1 Å². The summed E-state index contributed by atoms with van der Waals surface area (Å²) in [5, 5.41) is 14.1. The van der Waals surface area contributed by atoms with Crippen LogP contribution in [0.5, 0.6) is 0 Å². The fourth-order valence-corrected chi connectivity index (χ4v) is 4.43. The van der Waals surface area contributed by atoms with E-state index in [4.69, 9.17) is 11.6 Å². The second-order valence-corrected chi connectivity index (χ2v) is 8.84. The normalized spacial score (nSPS) is 10.9. The Morgan fingerprint density at radius 1 is 1.13 bits per heavy atom. The van der Waals surface area contributed by atoms with Crippen molar-refractivity contribution in [1.29, 1.82) is 0 Å². The van der Waals surface area contributed by atoms with E-state index < -0.39 is 17.5 Å². The highest BCUT2D eigenvalue weighted by Crippen LogP contribution is 2.26. The second kappa shape index (κ2) is 9.59. The van der Waals surface area contributed by atoms with Crippen LogP contribution < -0.4 is 5.32 Å². The maximum atomic E-state index is 13.8. The van der Waals surface area contributed by atoms with Gasteiger partial charge in [0.1, 0.15) is 17.5 Å². The topological polar surface area (TPSA) is 59.8 Å². The zero-order chi connectivity index (χ0) is 21.8. The van der Waals surface area contributed by atoms with E-state index in [1.54, 1.807) is 23.5 Å². The first-order chi connectivity index (χ1) is 15.0. The standard InChI is InChI=1S/C21H15ClF2N4OS2/c22-13-3-6-15(7-4-13)28-19(11-16-2-1-9-30-16)26-27-21(28)31-12-20(29)25-18-8-5-14(23)10-17(18)24/h1-10H,11-12H2,(H,25,29). The van der Waals surface area contributed by atoms with E-state index in [1.807, 2.05) is 34.2 Å². The minimum Gasteiger partial charge on any atom is -0.323 e. The van der Waals surface area contributed by atoms with Crippen LogP contribution in [-0.2, 0) is 11.2 Å². The van der Waals surface area contributed by atoms with E-state index in [-0.39, 0.29) is 11.4 Å². The Bertz CT molecular complexity index is 1200. The first-order valence-electron chi connectivity index (χ1n) is 9.10. The average molecular weight is 477 g/mol. The highest BCUT2D eigenvalue weighted by atomic mass is 35.5. The number of amides is 1. The Kier molecular flexibility index (Phi) is 6.64. The lowest BCUT2D eigenvalue weighted by Gasteiger charge is -2.10. The molecule has 4 rings (SSSR count). The van der Waals surface area contributed by atoms with Gasteiger partial charge in [-0.05, 0) is 47.8 Å². The summed E-state index contributed by atoms with van der Waals surface area (Å²) in [4.78, 5) is 13.4. The molecule has 0 aliphatic carbocycles. The van der Waals surface area contributed by atoms with E-state index in [0.29, 0.717) is 16.6 Å². The van der Waals surface area contributed by atoms with Crippen molar-refractivity contribution in [3.8, 4) is 5.69 Å². The van der Waals surface area contributed by atoms with Crippen LogP contribution in [0.2, 0.25) is 5.02 Å². The molecule has 31 heavy (non-hydrogen) atoms. The minimum atomic E-state index is -0.832. The number of aromatic nitrogens is 3. The van der Waals surface area contributed by atoms with Gasteiger partial charge in [0.2, 0.25) is 5.91 Å². The van der Waals surface area contributed by atoms with Gasteiger partial charge < -0.3 is 5.32 Å². The number of rotatable bonds is 7. The molecule has 0 aliphatic heterocycles. The molecule has 1 amide bonds. The predicted octanol–water partition coefficient (Wildman–Crippen LogP) is 5.58. The molecule has 1 N–H and O–H groups in total. The van der Waals surface area contributed by atoms with Crippen molar-refractivity contribution in [2.75, 3.05) is 11.1 Å². The third kappa shape index (κ3) is 5.30. The van der Waals surface area contributed by atoms with Gasteiger partial charge in [0.25, 0.3) is 0 Å². The molecule has 2 aromatic heterocycles. The number of hydrogen-bond donors (Lipinski definition) is 1. The van der Waals surface area contributed by atoms with Crippen molar-refractivity contribution in [3.63, 3.8) is 0 Å². The molecular weight excluding hydrogens is 462 g/mol. The number of carbonyl (C=O) groups excluding carboxylic acids is 1. The van der Waals surface area contributed by atoms with Crippen LogP contribution in [0, 0.1) is 11.6 Å². The Hall–Kier alpha value is -2.75. The van der Waals surface area contributed by atoms with Gasteiger partial charge in [0.15, 0.2) is 5.16 Å². The molecule has 0 aliphatic rings. The zero-order valence-corrected chi connectivity index (χ0v) is 18.3. The van der Waals surface area contributed by atoms with Gasteiger partial charge in [-0.2, -0.15) is 0 Å². The SMILES string of the molecule is O=C(CSc1nnc(Cc2cccs2)n1-c1ccc(Cl)cc1)Nc1ccc(F)cc1F. The van der Waals surface area contributed by atoms with Crippen molar-refractivity contribution < 1.29 is 13.6 Å². The summed E-state index contributed by atoms with van der Waals surface area (Å²) in [5.41, 5.74) is 0.734. The molecule has 4 aromatic rings. The Balaban J connectivity index is 1.53. The third-order valence-corrected chi connectivity index (χ3v) is 6.29. The molecule has 0 spiro atoms. The fourth-order valence-electron chi connectivity index (χ4n) is 2.83. The van der Waals surface area contributed by atoms with Crippen LogP contribution in [0.4, 0.5) is 14.5 Å². The summed E-state index contributed by atoms with van der Waals surface area (Å²) in [7, 11) is 0. The van der Waals surface area contributed by atoms with Crippen LogP contribution >= 0.6 is 34.7 Å². The van der Waals surface area contributed by atoms with Crippen molar-refractivity contribution >= 4 is 46.3 Å². The number of hydrogen-bond acceptors (Lipinski definition) is 5. The molecule has 158 valence electrons. The molecule has 0 fully saturated rings. The first kappa shape index (κ1) is 21.5. The average Bonchev–Trinajstić information content (AvgIpc) is 3.40. The quantitative estimate of drug-likeness (QED) is 0.354. The summed E-state index contributed by atoms with van der Waals surface area (Å²) in [6.07, 6.45) is 0.584.